The Bertz CT molecular complexity index is 1460. The van der Waals surface area contributed by atoms with Crippen LogP contribution in [-0.4, -0.2) is 97.3 Å². The molecule has 13 nitrogen and oxygen atoms in total. The van der Waals surface area contributed by atoms with E-state index in [-0.39, 0.29) is 40.1 Å². The highest BCUT2D eigenvalue weighted by Gasteiger charge is 2.48. The first kappa shape index (κ1) is 32.2. The summed E-state index contributed by atoms with van der Waals surface area (Å²) in [5, 5.41) is 51.5. The molecule has 0 radical (unpaired) electrons. The van der Waals surface area contributed by atoms with Crippen LogP contribution in [0, 0.1) is 0 Å². The average Bonchev–Trinajstić information content (AvgIpc) is 3.02. The number of aromatic hydroxyl groups is 2. The van der Waals surface area contributed by atoms with Gasteiger partial charge in [-0.15, -0.1) is 0 Å². The first-order valence-electron chi connectivity index (χ1n) is 13.3. The number of ether oxygens (including phenoxy) is 7. The first-order chi connectivity index (χ1) is 21.1. The maximum Gasteiger partial charge on any atom is 0.339 e. The number of phenolic OH excluding ortho intramolecular Hbond substituents is 2. The van der Waals surface area contributed by atoms with Gasteiger partial charge in [-0.2, -0.15) is 0 Å². The molecule has 3 aromatic carbocycles. The maximum absolute atomic E-state index is 13.2. The van der Waals surface area contributed by atoms with E-state index in [0.29, 0.717) is 16.9 Å². The maximum atomic E-state index is 13.2. The third-order valence-electron chi connectivity index (χ3n) is 6.81. The molecular formula is C31H34O13. The summed E-state index contributed by atoms with van der Waals surface area (Å²) < 4.78 is 38.0. The van der Waals surface area contributed by atoms with Crippen LogP contribution in [0.25, 0.3) is 12.2 Å². The lowest BCUT2D eigenvalue weighted by Gasteiger charge is -2.41. The van der Waals surface area contributed by atoms with Gasteiger partial charge in [-0.1, -0.05) is 18.2 Å². The average molecular weight is 615 g/mol. The fraction of sp³-hybridized carbons (Fsp3) is 0.323. The van der Waals surface area contributed by atoms with Crippen molar-refractivity contribution in [3.8, 4) is 40.2 Å². The van der Waals surface area contributed by atoms with Gasteiger partial charge in [0.15, 0.2) is 29.1 Å². The molecule has 3 aromatic rings. The van der Waals surface area contributed by atoms with Gasteiger partial charge >= 0.3 is 5.97 Å². The number of benzene rings is 3. The van der Waals surface area contributed by atoms with Crippen LogP contribution in [0.4, 0.5) is 0 Å². The van der Waals surface area contributed by atoms with Crippen LogP contribution in [0.15, 0.2) is 48.5 Å². The van der Waals surface area contributed by atoms with Gasteiger partial charge in [0, 0.05) is 6.07 Å². The predicted octanol–water partition coefficient (Wildman–Crippen LogP) is 2.35. The molecule has 1 saturated heterocycles. The standard InChI is InChI=1S/C31H34O13/c1-38-22-8-7-16(11-21(22)34)5-6-17-9-19(33)14-20(10-17)42-31-29(27(36)26(35)25(15-32)43-31)44-30(37)18-12-23(39-2)28(41-4)24(13-18)40-3/h5-14,25-27,29,31-36H,15H2,1-4H3/t25-,26-,27+,29-,31-/m1/s1. The quantitative estimate of drug-likeness (QED) is 0.157. The lowest BCUT2D eigenvalue weighted by molar-refractivity contribution is -0.276. The molecule has 1 aliphatic rings. The molecule has 1 heterocycles. The molecule has 1 fully saturated rings. The van der Waals surface area contributed by atoms with Gasteiger partial charge in [0.1, 0.15) is 29.8 Å². The molecule has 0 aliphatic carbocycles. The van der Waals surface area contributed by atoms with Gasteiger partial charge in [-0.25, -0.2) is 4.79 Å². The highest BCUT2D eigenvalue weighted by Crippen LogP contribution is 2.39. The third-order valence-corrected chi connectivity index (χ3v) is 6.81. The van der Waals surface area contributed by atoms with Crippen molar-refractivity contribution in [3.63, 3.8) is 0 Å². The van der Waals surface area contributed by atoms with Crippen LogP contribution in [0.3, 0.4) is 0 Å². The smallest absolute Gasteiger partial charge is 0.339 e. The number of carbonyl (C=O) groups excluding carboxylic acids is 1. The molecule has 5 N–H and O–H groups in total. The summed E-state index contributed by atoms with van der Waals surface area (Å²) in [4.78, 5) is 13.2. The molecule has 0 spiro atoms. The van der Waals surface area contributed by atoms with Crippen molar-refractivity contribution >= 4 is 18.1 Å². The summed E-state index contributed by atoms with van der Waals surface area (Å²) in [5.74, 6) is -0.195. The van der Waals surface area contributed by atoms with Crippen LogP contribution < -0.4 is 23.7 Å². The zero-order valence-electron chi connectivity index (χ0n) is 24.4. The third kappa shape index (κ3) is 7.09. The number of phenols is 2. The van der Waals surface area contributed by atoms with Gasteiger partial charge < -0.3 is 58.7 Å². The molecule has 0 aromatic heterocycles. The summed E-state index contributed by atoms with van der Waals surface area (Å²) in [5.41, 5.74) is 1.10. The second kappa shape index (κ2) is 14.2. The second-order valence-electron chi connectivity index (χ2n) is 9.63. The van der Waals surface area contributed by atoms with E-state index in [1.807, 2.05) is 0 Å². The van der Waals surface area contributed by atoms with E-state index in [4.69, 9.17) is 33.2 Å². The number of esters is 1. The Hall–Kier alpha value is -4.69. The Morgan fingerprint density at radius 2 is 1.48 bits per heavy atom. The molecule has 5 atom stereocenters. The summed E-state index contributed by atoms with van der Waals surface area (Å²) in [7, 11) is 5.59. The van der Waals surface area contributed by atoms with Crippen LogP contribution in [0.1, 0.15) is 21.5 Å². The summed E-state index contributed by atoms with van der Waals surface area (Å²) in [6, 6.07) is 11.8. The van der Waals surface area contributed by atoms with E-state index >= 15 is 0 Å². The SMILES string of the molecule is COc1ccc(C=Cc2cc(O)cc(O[C@@H]3O[C@H](CO)[C@@H](O)[C@H](O)[C@H]3OC(=O)c3cc(OC)c(OC)c(OC)c3)c2)cc1O. The van der Waals surface area contributed by atoms with Gasteiger partial charge in [-0.3, -0.25) is 0 Å². The minimum Gasteiger partial charge on any atom is -0.508 e. The molecule has 236 valence electrons. The van der Waals surface area contributed by atoms with Crippen molar-refractivity contribution < 1.29 is 63.5 Å². The second-order valence-corrected chi connectivity index (χ2v) is 9.63. The highest BCUT2D eigenvalue weighted by atomic mass is 16.7. The fourth-order valence-corrected chi connectivity index (χ4v) is 4.57. The molecule has 0 amide bonds. The van der Waals surface area contributed by atoms with Gasteiger partial charge in [0.05, 0.1) is 40.6 Å². The minimum absolute atomic E-state index is 0.0291. The zero-order valence-corrected chi connectivity index (χ0v) is 24.4. The number of aliphatic hydroxyl groups is 3. The largest absolute Gasteiger partial charge is 0.508 e. The Morgan fingerprint density at radius 3 is 2.07 bits per heavy atom. The van der Waals surface area contributed by atoms with Crippen molar-refractivity contribution in [3.05, 3.63) is 65.2 Å². The molecule has 4 rings (SSSR count). The lowest BCUT2D eigenvalue weighted by atomic mass is 9.99. The number of hydrogen-bond donors (Lipinski definition) is 5. The Kier molecular flexibility index (Phi) is 10.4. The first-order valence-corrected chi connectivity index (χ1v) is 13.3. The highest BCUT2D eigenvalue weighted by molar-refractivity contribution is 5.91. The minimum atomic E-state index is -1.73. The summed E-state index contributed by atoms with van der Waals surface area (Å²) in [6.45, 7) is -0.672. The van der Waals surface area contributed by atoms with Crippen molar-refractivity contribution in [2.45, 2.75) is 30.7 Å². The Labute approximate surface area is 253 Å². The molecule has 44 heavy (non-hydrogen) atoms. The van der Waals surface area contributed by atoms with Crippen molar-refractivity contribution in [2.24, 2.45) is 0 Å². The van der Waals surface area contributed by atoms with Crippen LogP contribution >= 0.6 is 0 Å². The number of hydrogen-bond acceptors (Lipinski definition) is 13. The van der Waals surface area contributed by atoms with E-state index in [9.17, 15) is 30.3 Å². The Balaban J connectivity index is 1.60. The molecule has 13 heteroatoms. The fourth-order valence-electron chi connectivity index (χ4n) is 4.57. The number of rotatable bonds is 11. The van der Waals surface area contributed by atoms with E-state index in [0.717, 1.165) is 0 Å². The molecule has 0 unspecified atom stereocenters. The predicted molar refractivity (Wildman–Crippen MR) is 155 cm³/mol. The topological polar surface area (TPSA) is 183 Å². The van der Waals surface area contributed by atoms with Crippen molar-refractivity contribution in [2.75, 3.05) is 35.0 Å². The number of aliphatic hydroxyl groups excluding tert-OH is 3. The van der Waals surface area contributed by atoms with E-state index in [1.54, 1.807) is 24.3 Å². The lowest BCUT2D eigenvalue weighted by Crippen LogP contribution is -2.61. The normalized spacial score (nSPS) is 21.5. The zero-order chi connectivity index (χ0) is 32.0. The van der Waals surface area contributed by atoms with Crippen LogP contribution in [0.5, 0.6) is 40.2 Å². The van der Waals surface area contributed by atoms with Gasteiger partial charge in [0.2, 0.25) is 12.0 Å². The molecule has 0 saturated carbocycles. The summed E-state index contributed by atoms with van der Waals surface area (Å²) in [6.07, 6.45) is -4.40. The molecule has 0 bridgehead atoms. The molecule has 1 aliphatic heterocycles. The van der Waals surface area contributed by atoms with Gasteiger partial charge in [0.25, 0.3) is 0 Å². The van der Waals surface area contributed by atoms with Crippen molar-refractivity contribution in [1.29, 1.82) is 0 Å². The van der Waals surface area contributed by atoms with E-state index in [2.05, 4.69) is 0 Å². The van der Waals surface area contributed by atoms with Gasteiger partial charge in [-0.05, 0) is 47.5 Å². The van der Waals surface area contributed by atoms with E-state index < -0.39 is 43.3 Å². The Morgan fingerprint density at radius 1 is 0.818 bits per heavy atom. The number of carbonyl (C=O) groups is 1. The van der Waals surface area contributed by atoms with Crippen molar-refractivity contribution in [1.82, 2.24) is 0 Å². The summed E-state index contributed by atoms with van der Waals surface area (Å²) >= 11 is 0. The molecular weight excluding hydrogens is 580 g/mol. The van der Waals surface area contributed by atoms with E-state index in [1.165, 1.54) is 64.8 Å². The number of methoxy groups -OCH3 is 4. The van der Waals surface area contributed by atoms with Crippen LogP contribution in [0.2, 0.25) is 0 Å². The van der Waals surface area contributed by atoms with Crippen LogP contribution in [-0.2, 0) is 9.47 Å². The monoisotopic (exact) mass is 614 g/mol.